The van der Waals surface area contributed by atoms with Crippen molar-refractivity contribution in [3.63, 3.8) is 0 Å². The fourth-order valence-corrected chi connectivity index (χ4v) is 4.95. The third-order valence-electron chi connectivity index (χ3n) is 4.67. The number of unbranched alkanes of at least 4 members (excludes halogenated alkanes) is 1. The van der Waals surface area contributed by atoms with Crippen LogP contribution < -0.4 is 10.9 Å². The summed E-state index contributed by atoms with van der Waals surface area (Å²) in [6, 6.07) is 7.87. The standard InChI is InChI=1S/C19H20ClN5O4S2/c20-14-8-12-10-28-9-11-4-3-5-13(15(11)12)16(14)17-23-18(21)25-19(24-17)30-7-2-1-6-29-31(22,26)27/h3-5,8H,1-2,6-7,9-10H2,(H2,22,26,27)(H2,21,23,24,25). The monoisotopic (exact) mass is 481 g/mol. The number of hydrogen-bond donors (Lipinski definition) is 2. The third-order valence-corrected chi connectivity index (χ3v) is 6.40. The molecule has 9 nitrogen and oxygen atoms in total. The van der Waals surface area contributed by atoms with Crippen molar-refractivity contribution < 1.29 is 17.3 Å². The summed E-state index contributed by atoms with van der Waals surface area (Å²) in [7, 11) is -3.91. The predicted octanol–water partition coefficient (Wildman–Crippen LogP) is 3.05. The van der Waals surface area contributed by atoms with Gasteiger partial charge in [-0.05, 0) is 40.8 Å². The van der Waals surface area contributed by atoms with E-state index in [2.05, 4.69) is 19.1 Å². The molecule has 4 N–H and O–H groups in total. The maximum atomic E-state index is 10.8. The number of ether oxygens (including phenoxy) is 1. The van der Waals surface area contributed by atoms with Crippen molar-refractivity contribution in [2.24, 2.45) is 5.14 Å². The number of aromatic nitrogens is 3. The first-order valence-electron chi connectivity index (χ1n) is 9.44. The van der Waals surface area contributed by atoms with Crippen LogP contribution in [0, 0.1) is 0 Å². The minimum absolute atomic E-state index is 0.0317. The molecule has 164 valence electrons. The van der Waals surface area contributed by atoms with Crippen LogP contribution in [0.5, 0.6) is 0 Å². The number of nitrogens with two attached hydrogens (primary N) is 2. The predicted molar refractivity (Wildman–Crippen MR) is 120 cm³/mol. The molecule has 4 rings (SSSR count). The highest BCUT2D eigenvalue weighted by Gasteiger charge is 2.21. The molecule has 2 heterocycles. The Hall–Kier alpha value is -2.02. The summed E-state index contributed by atoms with van der Waals surface area (Å²) in [5, 5.41) is 7.84. The van der Waals surface area contributed by atoms with E-state index in [4.69, 9.17) is 27.2 Å². The molecule has 0 spiro atoms. The summed E-state index contributed by atoms with van der Waals surface area (Å²) < 4.78 is 31.7. The molecule has 0 atom stereocenters. The highest BCUT2D eigenvalue weighted by Crippen LogP contribution is 2.39. The molecule has 0 fully saturated rings. The lowest BCUT2D eigenvalue weighted by molar-refractivity contribution is 0.103. The van der Waals surface area contributed by atoms with E-state index in [-0.39, 0.29) is 12.6 Å². The van der Waals surface area contributed by atoms with E-state index in [1.54, 1.807) is 0 Å². The van der Waals surface area contributed by atoms with E-state index in [9.17, 15) is 8.42 Å². The largest absolute Gasteiger partial charge is 0.372 e. The van der Waals surface area contributed by atoms with Gasteiger partial charge in [-0.1, -0.05) is 41.6 Å². The molecule has 1 aromatic heterocycles. The van der Waals surface area contributed by atoms with Crippen LogP contribution in [0.25, 0.3) is 22.2 Å². The molecule has 0 unspecified atom stereocenters. The van der Waals surface area contributed by atoms with Gasteiger partial charge in [-0.3, -0.25) is 4.18 Å². The molecule has 0 bridgehead atoms. The fraction of sp³-hybridized carbons (Fsp3) is 0.316. The lowest BCUT2D eigenvalue weighted by Crippen LogP contribution is -2.16. The molecule has 1 aliphatic heterocycles. The molecule has 0 aliphatic carbocycles. The van der Waals surface area contributed by atoms with Crippen LogP contribution in [0.2, 0.25) is 5.02 Å². The average Bonchev–Trinajstić information content (AvgIpc) is 2.70. The smallest absolute Gasteiger partial charge is 0.333 e. The van der Waals surface area contributed by atoms with E-state index in [1.165, 1.54) is 11.8 Å². The van der Waals surface area contributed by atoms with Crippen LogP contribution in [-0.2, 0) is 32.4 Å². The molecule has 0 radical (unpaired) electrons. The summed E-state index contributed by atoms with van der Waals surface area (Å²) >= 11 is 8.02. The molecule has 0 saturated carbocycles. The number of nitrogen functional groups attached to an aromatic ring is 1. The second kappa shape index (κ2) is 9.23. The van der Waals surface area contributed by atoms with E-state index in [1.807, 2.05) is 24.3 Å². The van der Waals surface area contributed by atoms with Gasteiger partial charge in [0.1, 0.15) is 0 Å². The van der Waals surface area contributed by atoms with Gasteiger partial charge in [0.2, 0.25) is 5.95 Å². The molecular formula is C19H20ClN5O4S2. The van der Waals surface area contributed by atoms with Gasteiger partial charge < -0.3 is 10.5 Å². The Morgan fingerprint density at radius 1 is 1.16 bits per heavy atom. The number of benzene rings is 2. The van der Waals surface area contributed by atoms with E-state index in [0.717, 1.165) is 21.9 Å². The Balaban J connectivity index is 1.57. The van der Waals surface area contributed by atoms with Crippen molar-refractivity contribution in [1.29, 1.82) is 0 Å². The maximum Gasteiger partial charge on any atom is 0.333 e. The average molecular weight is 482 g/mol. The summed E-state index contributed by atoms with van der Waals surface area (Å²) in [5.74, 6) is 1.16. The minimum atomic E-state index is -3.91. The van der Waals surface area contributed by atoms with Crippen molar-refractivity contribution in [2.45, 2.75) is 31.2 Å². The van der Waals surface area contributed by atoms with Gasteiger partial charge >= 0.3 is 10.3 Å². The zero-order chi connectivity index (χ0) is 22.0. The summed E-state index contributed by atoms with van der Waals surface area (Å²) in [6.07, 6.45) is 1.21. The Bertz CT molecular complexity index is 1240. The SMILES string of the molecule is Nc1nc(SCCCCOS(N)(=O)=O)nc(-c2c(Cl)cc3c4c(cccc24)COC3)n1. The number of nitrogens with zero attached hydrogens (tertiary/aromatic N) is 3. The Kier molecular flexibility index (Phi) is 6.60. The van der Waals surface area contributed by atoms with Crippen LogP contribution in [0.4, 0.5) is 5.95 Å². The number of anilines is 1. The highest BCUT2D eigenvalue weighted by molar-refractivity contribution is 7.99. The first-order chi connectivity index (χ1) is 14.8. The molecule has 3 aromatic rings. The van der Waals surface area contributed by atoms with Gasteiger partial charge in [0.25, 0.3) is 0 Å². The molecule has 0 amide bonds. The van der Waals surface area contributed by atoms with Gasteiger partial charge in [-0.25, -0.2) is 10.1 Å². The first kappa shape index (κ1) is 22.2. The summed E-state index contributed by atoms with van der Waals surface area (Å²) in [6.45, 7) is 1.08. The number of halogens is 1. The van der Waals surface area contributed by atoms with Crippen LogP contribution in [-0.4, -0.2) is 35.7 Å². The number of hydrogen-bond acceptors (Lipinski definition) is 9. The highest BCUT2D eigenvalue weighted by atomic mass is 35.5. The Morgan fingerprint density at radius 3 is 2.77 bits per heavy atom. The molecule has 1 aliphatic rings. The molecule has 12 heteroatoms. The summed E-state index contributed by atoms with van der Waals surface area (Å²) in [4.78, 5) is 13.1. The zero-order valence-corrected chi connectivity index (χ0v) is 18.8. The van der Waals surface area contributed by atoms with Gasteiger partial charge in [-0.15, -0.1) is 0 Å². The molecule has 2 aromatic carbocycles. The van der Waals surface area contributed by atoms with Gasteiger partial charge in [0.05, 0.1) is 24.8 Å². The second-order valence-corrected chi connectivity index (χ2v) is 9.59. The van der Waals surface area contributed by atoms with E-state index < -0.39 is 10.3 Å². The maximum absolute atomic E-state index is 10.8. The van der Waals surface area contributed by atoms with Crippen LogP contribution in [0.3, 0.4) is 0 Å². The zero-order valence-electron chi connectivity index (χ0n) is 16.4. The lowest BCUT2D eigenvalue weighted by Gasteiger charge is -2.20. The van der Waals surface area contributed by atoms with Crippen molar-refractivity contribution in [3.05, 3.63) is 40.4 Å². The minimum Gasteiger partial charge on any atom is -0.372 e. The summed E-state index contributed by atoms with van der Waals surface area (Å²) in [5.41, 5.74) is 8.78. The second-order valence-electron chi connectivity index (χ2n) is 6.90. The topological polar surface area (TPSA) is 143 Å². The quantitative estimate of drug-likeness (QED) is 0.366. The molecule has 31 heavy (non-hydrogen) atoms. The van der Waals surface area contributed by atoms with E-state index in [0.29, 0.717) is 53.4 Å². The Morgan fingerprint density at radius 2 is 1.97 bits per heavy atom. The molecule has 0 saturated heterocycles. The van der Waals surface area contributed by atoms with Crippen LogP contribution in [0.15, 0.2) is 29.4 Å². The third kappa shape index (κ3) is 5.25. The van der Waals surface area contributed by atoms with Crippen molar-refractivity contribution in [2.75, 3.05) is 18.1 Å². The number of rotatable bonds is 8. The fourth-order valence-electron chi connectivity index (χ4n) is 3.44. The molecular weight excluding hydrogens is 462 g/mol. The Labute approximate surface area is 188 Å². The van der Waals surface area contributed by atoms with Crippen LogP contribution >= 0.6 is 23.4 Å². The van der Waals surface area contributed by atoms with Gasteiger partial charge in [0, 0.05) is 11.3 Å². The van der Waals surface area contributed by atoms with E-state index >= 15 is 0 Å². The van der Waals surface area contributed by atoms with Crippen molar-refractivity contribution in [3.8, 4) is 11.4 Å². The van der Waals surface area contributed by atoms with Crippen molar-refractivity contribution in [1.82, 2.24) is 15.0 Å². The lowest BCUT2D eigenvalue weighted by atomic mass is 9.94. The first-order valence-corrected chi connectivity index (χ1v) is 12.3. The van der Waals surface area contributed by atoms with Gasteiger partial charge in [-0.2, -0.15) is 18.4 Å². The van der Waals surface area contributed by atoms with Gasteiger partial charge in [0.15, 0.2) is 11.0 Å². The van der Waals surface area contributed by atoms with Crippen molar-refractivity contribution >= 4 is 50.4 Å². The van der Waals surface area contributed by atoms with Crippen LogP contribution in [0.1, 0.15) is 24.0 Å². The number of thioether (sulfide) groups is 1. The normalized spacial score (nSPS) is 13.6.